The van der Waals surface area contributed by atoms with Gasteiger partial charge in [0.25, 0.3) is 0 Å². The van der Waals surface area contributed by atoms with E-state index in [0.717, 1.165) is 0 Å². The van der Waals surface area contributed by atoms with Crippen LogP contribution in [-0.4, -0.2) is 25.5 Å². The average Bonchev–Trinajstić information content (AvgIpc) is 2.72. The number of benzene rings is 1. The third-order valence-corrected chi connectivity index (χ3v) is 2.93. The number of nitrogens with zero attached hydrogens (tertiary/aromatic N) is 1. The van der Waals surface area contributed by atoms with E-state index < -0.39 is 5.82 Å². The zero-order valence-electron chi connectivity index (χ0n) is 10.8. The third kappa shape index (κ3) is 2.01. The minimum Gasteiger partial charge on any atom is -0.493 e. The first-order chi connectivity index (χ1) is 9.70. The first kappa shape index (κ1) is 12.6. The van der Waals surface area contributed by atoms with Crippen LogP contribution in [0.5, 0.6) is 17.2 Å². The lowest BCUT2D eigenvalue weighted by atomic mass is 10.1. The Morgan fingerprint density at radius 1 is 1.30 bits per heavy atom. The van der Waals surface area contributed by atoms with Gasteiger partial charge in [-0.2, -0.15) is 0 Å². The van der Waals surface area contributed by atoms with E-state index in [-0.39, 0.29) is 11.6 Å². The molecule has 0 radical (unpaired) electrons. The number of fused-ring (bicyclic) bond motifs is 1. The van der Waals surface area contributed by atoms with Crippen LogP contribution in [0.4, 0.5) is 10.3 Å². The lowest BCUT2D eigenvalue weighted by Crippen LogP contribution is -2.00. The predicted molar refractivity (Wildman–Crippen MR) is 68.5 cm³/mol. The van der Waals surface area contributed by atoms with Gasteiger partial charge in [0.1, 0.15) is 5.69 Å². The molecule has 0 unspecified atom stereocenters. The molecule has 2 heterocycles. The number of rotatable bonds is 2. The molecule has 20 heavy (non-hydrogen) atoms. The van der Waals surface area contributed by atoms with Crippen molar-refractivity contribution in [3.8, 4) is 28.5 Å². The summed E-state index contributed by atoms with van der Waals surface area (Å²) in [5.74, 6) is 0.275. The number of halogens is 1. The maximum Gasteiger partial charge on any atom is 0.222 e. The van der Waals surface area contributed by atoms with Crippen LogP contribution in [0.3, 0.4) is 0 Å². The van der Waals surface area contributed by atoms with Crippen molar-refractivity contribution in [3.63, 3.8) is 0 Å². The highest BCUT2D eigenvalue weighted by Gasteiger charge is 2.26. The number of nitrogen functional groups attached to an aromatic ring is 1. The van der Waals surface area contributed by atoms with Gasteiger partial charge in [-0.1, -0.05) is 5.16 Å². The number of hydrogen-bond acceptors (Lipinski definition) is 6. The van der Waals surface area contributed by atoms with Crippen LogP contribution < -0.4 is 19.9 Å². The number of ether oxygens (including phenoxy) is 3. The SMILES string of the molecule is COc1c(F)cc2c(c1-c1cc(N)on1)OCCCO2. The second kappa shape index (κ2) is 4.92. The van der Waals surface area contributed by atoms with Crippen molar-refractivity contribution in [2.45, 2.75) is 6.42 Å². The van der Waals surface area contributed by atoms with Crippen molar-refractivity contribution >= 4 is 5.88 Å². The Kier molecular flexibility index (Phi) is 3.09. The Morgan fingerprint density at radius 2 is 2.10 bits per heavy atom. The van der Waals surface area contributed by atoms with Crippen molar-refractivity contribution in [3.05, 3.63) is 17.9 Å². The van der Waals surface area contributed by atoms with Gasteiger partial charge in [-0.3, -0.25) is 0 Å². The first-order valence-corrected chi connectivity index (χ1v) is 6.09. The van der Waals surface area contributed by atoms with Gasteiger partial charge in [0.15, 0.2) is 23.1 Å². The van der Waals surface area contributed by atoms with Crippen LogP contribution in [0.15, 0.2) is 16.7 Å². The molecule has 0 amide bonds. The highest BCUT2D eigenvalue weighted by Crippen LogP contribution is 2.46. The molecular formula is C13H13FN2O4. The number of aromatic nitrogens is 1. The number of hydrogen-bond donors (Lipinski definition) is 1. The zero-order valence-corrected chi connectivity index (χ0v) is 10.8. The highest BCUT2D eigenvalue weighted by molar-refractivity contribution is 5.78. The maximum atomic E-state index is 14.1. The van der Waals surface area contributed by atoms with Crippen molar-refractivity contribution < 1.29 is 23.1 Å². The quantitative estimate of drug-likeness (QED) is 0.908. The molecule has 0 aliphatic carbocycles. The van der Waals surface area contributed by atoms with E-state index in [4.69, 9.17) is 24.5 Å². The van der Waals surface area contributed by atoms with Gasteiger partial charge in [-0.25, -0.2) is 4.39 Å². The molecule has 3 rings (SSSR count). The highest BCUT2D eigenvalue weighted by atomic mass is 19.1. The normalized spacial score (nSPS) is 13.9. The molecule has 0 bridgehead atoms. The summed E-state index contributed by atoms with van der Waals surface area (Å²) in [6, 6.07) is 2.72. The second-order valence-electron chi connectivity index (χ2n) is 4.26. The van der Waals surface area contributed by atoms with E-state index in [2.05, 4.69) is 5.16 Å². The summed E-state index contributed by atoms with van der Waals surface area (Å²) in [4.78, 5) is 0. The van der Waals surface area contributed by atoms with Crippen LogP contribution in [0, 0.1) is 5.82 Å². The molecule has 0 saturated carbocycles. The van der Waals surface area contributed by atoms with Crippen molar-refractivity contribution in [1.29, 1.82) is 0 Å². The van der Waals surface area contributed by atoms with Gasteiger partial charge in [-0.05, 0) is 0 Å². The summed E-state index contributed by atoms with van der Waals surface area (Å²) in [5, 5.41) is 3.79. The van der Waals surface area contributed by atoms with Crippen LogP contribution >= 0.6 is 0 Å². The molecule has 7 heteroatoms. The molecule has 1 aliphatic rings. The van der Waals surface area contributed by atoms with Crippen molar-refractivity contribution in [2.75, 3.05) is 26.1 Å². The molecular weight excluding hydrogens is 267 g/mol. The van der Waals surface area contributed by atoms with Crippen molar-refractivity contribution in [1.82, 2.24) is 5.16 Å². The van der Waals surface area contributed by atoms with Crippen molar-refractivity contribution in [2.24, 2.45) is 0 Å². The third-order valence-electron chi connectivity index (χ3n) is 2.93. The van der Waals surface area contributed by atoms with Gasteiger partial charge in [0.2, 0.25) is 5.88 Å². The van der Waals surface area contributed by atoms with E-state index >= 15 is 0 Å². The molecule has 6 nitrogen and oxygen atoms in total. The Hall–Kier alpha value is -2.44. The molecule has 106 valence electrons. The lowest BCUT2D eigenvalue weighted by Gasteiger charge is -2.15. The molecule has 2 aromatic rings. The Morgan fingerprint density at radius 3 is 2.80 bits per heavy atom. The summed E-state index contributed by atoms with van der Waals surface area (Å²) in [7, 11) is 1.37. The molecule has 0 fully saturated rings. The molecule has 1 aliphatic heterocycles. The van der Waals surface area contributed by atoms with Gasteiger partial charge in [0, 0.05) is 18.6 Å². The van der Waals surface area contributed by atoms with Crippen LogP contribution in [0.25, 0.3) is 11.3 Å². The van der Waals surface area contributed by atoms with Crippen LogP contribution in [0.2, 0.25) is 0 Å². The minimum absolute atomic E-state index is 0.0163. The smallest absolute Gasteiger partial charge is 0.222 e. The molecule has 1 aromatic carbocycles. The Balaban J connectivity index is 2.26. The lowest BCUT2D eigenvalue weighted by molar-refractivity contribution is 0.297. The fourth-order valence-electron chi connectivity index (χ4n) is 2.10. The number of nitrogens with two attached hydrogens (primary N) is 1. The summed E-state index contributed by atoms with van der Waals surface area (Å²) in [5.41, 5.74) is 6.19. The molecule has 0 spiro atoms. The number of anilines is 1. The number of methoxy groups -OCH3 is 1. The van der Waals surface area contributed by atoms with E-state index in [9.17, 15) is 4.39 Å². The fourth-order valence-corrected chi connectivity index (χ4v) is 2.10. The van der Waals surface area contributed by atoms with Gasteiger partial charge in [0.05, 0.1) is 25.9 Å². The minimum atomic E-state index is -0.562. The fraction of sp³-hybridized carbons (Fsp3) is 0.308. The molecule has 2 N–H and O–H groups in total. The summed E-state index contributed by atoms with van der Waals surface area (Å²) < 4.78 is 35.2. The second-order valence-corrected chi connectivity index (χ2v) is 4.26. The molecule has 1 aromatic heterocycles. The Labute approximate surface area is 114 Å². The van der Waals surface area contributed by atoms with Gasteiger partial charge < -0.3 is 24.5 Å². The Bertz CT molecular complexity index is 642. The summed E-state index contributed by atoms with van der Waals surface area (Å²) in [6.07, 6.45) is 0.707. The maximum absolute atomic E-state index is 14.1. The topological polar surface area (TPSA) is 79.7 Å². The van der Waals surface area contributed by atoms with Gasteiger partial charge in [-0.15, -0.1) is 0 Å². The van der Waals surface area contributed by atoms with E-state index in [1.165, 1.54) is 19.2 Å². The van der Waals surface area contributed by atoms with E-state index in [0.29, 0.717) is 42.4 Å². The monoisotopic (exact) mass is 280 g/mol. The molecule has 0 atom stereocenters. The standard InChI is InChI=1S/C13H13FN2O4/c1-17-12-7(14)5-9-13(19-4-2-3-18-9)11(12)8-6-10(15)20-16-8/h5-6H,2-4,15H2,1H3. The summed E-state index contributed by atoms with van der Waals surface area (Å²) in [6.45, 7) is 0.918. The van der Waals surface area contributed by atoms with Crippen LogP contribution in [0.1, 0.15) is 6.42 Å². The summed E-state index contributed by atoms with van der Waals surface area (Å²) >= 11 is 0. The average molecular weight is 280 g/mol. The zero-order chi connectivity index (χ0) is 14.1. The van der Waals surface area contributed by atoms with Crippen LogP contribution in [-0.2, 0) is 0 Å². The van der Waals surface area contributed by atoms with E-state index in [1.807, 2.05) is 0 Å². The predicted octanol–water partition coefficient (Wildman–Crippen LogP) is 2.23. The molecule has 0 saturated heterocycles. The largest absolute Gasteiger partial charge is 0.493 e. The first-order valence-electron chi connectivity index (χ1n) is 6.09. The van der Waals surface area contributed by atoms with E-state index in [1.54, 1.807) is 0 Å². The van der Waals surface area contributed by atoms with Gasteiger partial charge >= 0.3 is 0 Å².